The molecule has 0 atom stereocenters. The van der Waals surface area contributed by atoms with Gasteiger partial charge in [-0.05, 0) is 59.7 Å². The summed E-state index contributed by atoms with van der Waals surface area (Å²) in [6.07, 6.45) is 3.36. The molecule has 0 saturated carbocycles. The molecule has 0 aromatic heterocycles. The molecule has 6 heteroatoms. The van der Waals surface area contributed by atoms with E-state index in [1.54, 1.807) is 48.8 Å². The summed E-state index contributed by atoms with van der Waals surface area (Å²) < 4.78 is 0. The molecule has 0 N–H and O–H groups in total. The van der Waals surface area contributed by atoms with Gasteiger partial charge in [0, 0.05) is 23.6 Å². The summed E-state index contributed by atoms with van der Waals surface area (Å²) in [7, 11) is 0. The van der Waals surface area contributed by atoms with Crippen LogP contribution in [-0.2, 0) is 0 Å². The number of nitrogens with zero attached hydrogens (tertiary/aromatic N) is 2. The highest BCUT2D eigenvalue weighted by atomic mass is 35.5. The van der Waals surface area contributed by atoms with Gasteiger partial charge in [-0.25, -0.2) is 0 Å². The van der Waals surface area contributed by atoms with E-state index in [2.05, 4.69) is 9.98 Å². The Hall–Kier alpha value is -2.62. The van der Waals surface area contributed by atoms with E-state index in [-0.39, 0.29) is 0 Å². The van der Waals surface area contributed by atoms with Crippen molar-refractivity contribution in [3.63, 3.8) is 0 Å². The van der Waals surface area contributed by atoms with E-state index in [9.17, 15) is 0 Å². The van der Waals surface area contributed by atoms with E-state index in [4.69, 9.17) is 46.4 Å². The second-order valence-corrected chi connectivity index (χ2v) is 8.51. The van der Waals surface area contributed by atoms with Crippen molar-refractivity contribution >= 4 is 70.2 Å². The first-order valence-electron chi connectivity index (χ1n) is 9.68. The predicted octanol–water partition coefficient (Wildman–Crippen LogP) is 9.47. The minimum absolute atomic E-state index is 0.567. The Balaban J connectivity index is 1.48. The molecule has 0 aliphatic carbocycles. The Morgan fingerprint density at radius 2 is 0.750 bits per heavy atom. The third-order valence-corrected chi connectivity index (χ3v) is 6.07. The zero-order chi connectivity index (χ0) is 22.5. The number of aliphatic imine (C=N–C) groups is 2. The predicted molar refractivity (Wildman–Crippen MR) is 139 cm³/mol. The van der Waals surface area contributed by atoms with Gasteiger partial charge in [-0.3, -0.25) is 9.98 Å². The van der Waals surface area contributed by atoms with Gasteiger partial charge in [0.1, 0.15) is 0 Å². The first kappa shape index (κ1) is 22.6. The average molecular weight is 498 g/mol. The zero-order valence-corrected chi connectivity index (χ0v) is 19.7. The maximum atomic E-state index is 6.19. The molecule has 0 saturated heterocycles. The Bertz CT molecular complexity index is 1150. The lowest BCUT2D eigenvalue weighted by atomic mass is 10.1. The first-order valence-corrected chi connectivity index (χ1v) is 11.2. The van der Waals surface area contributed by atoms with E-state index in [1.165, 1.54) is 0 Å². The van der Waals surface area contributed by atoms with Crippen molar-refractivity contribution in [2.75, 3.05) is 0 Å². The molecular weight excluding hydrogens is 482 g/mol. The van der Waals surface area contributed by atoms with Crippen molar-refractivity contribution in [1.29, 1.82) is 0 Å². The van der Waals surface area contributed by atoms with Crippen LogP contribution >= 0.6 is 46.4 Å². The van der Waals surface area contributed by atoms with Crippen LogP contribution in [0, 0.1) is 0 Å². The maximum Gasteiger partial charge on any atom is 0.0630 e. The normalized spacial score (nSPS) is 11.5. The number of rotatable bonds is 5. The molecule has 4 aromatic rings. The molecule has 0 unspecified atom stereocenters. The van der Waals surface area contributed by atoms with Crippen LogP contribution in [0.5, 0.6) is 0 Å². The fourth-order valence-corrected chi connectivity index (χ4v) is 4.02. The Kier molecular flexibility index (Phi) is 7.29. The highest BCUT2D eigenvalue weighted by Gasteiger charge is 2.04. The number of hydrogen-bond donors (Lipinski definition) is 0. The quantitative estimate of drug-likeness (QED) is 0.245. The number of halogens is 4. The van der Waals surface area contributed by atoms with Crippen molar-refractivity contribution in [2.24, 2.45) is 9.98 Å². The fraction of sp³-hybridized carbons (Fsp3) is 0. The third kappa shape index (κ3) is 5.40. The second kappa shape index (κ2) is 10.3. The summed E-state index contributed by atoms with van der Waals surface area (Å²) in [5.41, 5.74) is 5.17. The van der Waals surface area contributed by atoms with E-state index in [1.807, 2.05) is 48.5 Å². The lowest BCUT2D eigenvalue weighted by molar-refractivity contribution is 1.50. The first-order chi connectivity index (χ1) is 15.5. The van der Waals surface area contributed by atoms with Crippen molar-refractivity contribution < 1.29 is 0 Å². The summed E-state index contributed by atoms with van der Waals surface area (Å²) in [6, 6.07) is 26.6. The zero-order valence-electron chi connectivity index (χ0n) is 16.6. The molecule has 32 heavy (non-hydrogen) atoms. The van der Waals surface area contributed by atoms with E-state index in [0.29, 0.717) is 31.2 Å². The lowest BCUT2D eigenvalue weighted by Crippen LogP contribution is -1.85. The van der Waals surface area contributed by atoms with E-state index < -0.39 is 0 Å². The number of benzene rings is 4. The molecule has 0 heterocycles. The molecule has 0 fully saturated rings. The summed E-state index contributed by atoms with van der Waals surface area (Å²) in [5, 5.41) is 2.27. The summed E-state index contributed by atoms with van der Waals surface area (Å²) in [5.74, 6) is 0. The summed E-state index contributed by atoms with van der Waals surface area (Å²) in [6.45, 7) is 0. The smallest absolute Gasteiger partial charge is 0.0630 e. The molecule has 2 nitrogen and oxygen atoms in total. The summed E-state index contributed by atoms with van der Waals surface area (Å²) >= 11 is 24.8. The molecule has 0 spiro atoms. The van der Waals surface area contributed by atoms with Crippen LogP contribution in [0.15, 0.2) is 94.9 Å². The van der Waals surface area contributed by atoms with Crippen LogP contribution < -0.4 is 0 Å². The molecule has 0 radical (unpaired) electrons. The van der Waals surface area contributed by atoms with E-state index >= 15 is 0 Å². The van der Waals surface area contributed by atoms with Gasteiger partial charge >= 0.3 is 0 Å². The van der Waals surface area contributed by atoms with E-state index in [0.717, 1.165) is 22.5 Å². The van der Waals surface area contributed by atoms with Crippen molar-refractivity contribution in [1.82, 2.24) is 0 Å². The van der Waals surface area contributed by atoms with Crippen molar-refractivity contribution in [3.8, 4) is 11.1 Å². The minimum atomic E-state index is 0.567. The van der Waals surface area contributed by atoms with Crippen LogP contribution in [0.25, 0.3) is 11.1 Å². The molecule has 4 aromatic carbocycles. The lowest BCUT2D eigenvalue weighted by Gasteiger charge is -2.04. The Morgan fingerprint density at radius 1 is 0.438 bits per heavy atom. The van der Waals surface area contributed by atoms with Gasteiger partial charge < -0.3 is 0 Å². The molecule has 158 valence electrons. The van der Waals surface area contributed by atoms with Gasteiger partial charge in [0.15, 0.2) is 0 Å². The topological polar surface area (TPSA) is 24.7 Å². The highest BCUT2D eigenvalue weighted by molar-refractivity contribution is 6.39. The molecule has 0 amide bonds. The molecule has 0 bridgehead atoms. The van der Waals surface area contributed by atoms with Crippen LogP contribution in [-0.4, -0.2) is 12.4 Å². The minimum Gasteiger partial charge on any atom is -0.256 e. The van der Waals surface area contributed by atoms with Gasteiger partial charge in [0.2, 0.25) is 0 Å². The average Bonchev–Trinajstić information content (AvgIpc) is 2.79. The van der Waals surface area contributed by atoms with Gasteiger partial charge in [0.25, 0.3) is 0 Å². The fourth-order valence-electron chi connectivity index (χ4n) is 3.03. The van der Waals surface area contributed by atoms with Crippen LogP contribution in [0.1, 0.15) is 11.1 Å². The molecule has 0 aliphatic rings. The SMILES string of the molecule is Clc1cccc(Cl)c1C=Nc1ccc(-c2ccc(N=Cc3c(Cl)cccc3Cl)cc2)cc1. The molecule has 4 rings (SSSR count). The van der Waals surface area contributed by atoms with Gasteiger partial charge in [-0.15, -0.1) is 0 Å². The largest absolute Gasteiger partial charge is 0.256 e. The Morgan fingerprint density at radius 3 is 1.06 bits per heavy atom. The van der Waals surface area contributed by atoms with Gasteiger partial charge in [0.05, 0.1) is 31.5 Å². The molecule has 0 aliphatic heterocycles. The van der Waals surface area contributed by atoms with Crippen LogP contribution in [0.2, 0.25) is 20.1 Å². The van der Waals surface area contributed by atoms with Gasteiger partial charge in [-0.1, -0.05) is 82.8 Å². The maximum absolute atomic E-state index is 6.19. The van der Waals surface area contributed by atoms with Crippen molar-refractivity contribution in [3.05, 3.63) is 116 Å². The Labute approximate surface area is 206 Å². The van der Waals surface area contributed by atoms with Crippen molar-refractivity contribution in [2.45, 2.75) is 0 Å². The summed E-state index contributed by atoms with van der Waals surface area (Å²) in [4.78, 5) is 8.96. The number of hydrogen-bond acceptors (Lipinski definition) is 2. The second-order valence-electron chi connectivity index (χ2n) is 6.88. The van der Waals surface area contributed by atoms with Crippen LogP contribution in [0.4, 0.5) is 11.4 Å². The monoisotopic (exact) mass is 496 g/mol. The third-order valence-electron chi connectivity index (χ3n) is 4.75. The standard InChI is InChI=1S/C26H16Cl4N2/c27-23-3-1-4-24(28)21(23)15-31-19-11-7-17(8-12-19)18-9-13-20(14-10-18)32-16-22-25(29)5-2-6-26(22)30/h1-16H. The van der Waals surface area contributed by atoms with Crippen LogP contribution in [0.3, 0.4) is 0 Å². The highest BCUT2D eigenvalue weighted by Crippen LogP contribution is 2.27. The van der Waals surface area contributed by atoms with Gasteiger partial charge in [-0.2, -0.15) is 0 Å². The molecular formula is C26H16Cl4N2.